The van der Waals surface area contributed by atoms with Crippen molar-refractivity contribution in [2.75, 3.05) is 13.1 Å². The molecule has 0 unspecified atom stereocenters. The van der Waals surface area contributed by atoms with Gasteiger partial charge in [0, 0.05) is 18.7 Å². The molecule has 4 atom stereocenters. The van der Waals surface area contributed by atoms with Gasteiger partial charge in [0.15, 0.2) is 5.69 Å². The number of halogens is 1. The first-order chi connectivity index (χ1) is 15.7. The Labute approximate surface area is 194 Å². The summed E-state index contributed by atoms with van der Waals surface area (Å²) < 4.78 is 19.6. The van der Waals surface area contributed by atoms with Gasteiger partial charge in [0.2, 0.25) is 0 Å². The minimum Gasteiger partial charge on any atom is -0.487 e. The van der Waals surface area contributed by atoms with E-state index in [0.717, 1.165) is 25.9 Å². The number of amides is 1. The van der Waals surface area contributed by atoms with Gasteiger partial charge in [-0.1, -0.05) is 26.8 Å². The van der Waals surface area contributed by atoms with Crippen LogP contribution in [0.3, 0.4) is 0 Å². The van der Waals surface area contributed by atoms with Crippen LogP contribution in [0.25, 0.3) is 0 Å². The van der Waals surface area contributed by atoms with Crippen LogP contribution in [0.4, 0.5) is 4.39 Å². The zero-order valence-electron chi connectivity index (χ0n) is 19.4. The van der Waals surface area contributed by atoms with E-state index in [2.05, 4.69) is 41.2 Å². The van der Waals surface area contributed by atoms with Gasteiger partial charge >= 0.3 is 0 Å². The molecule has 0 radical (unpaired) electrons. The number of benzene rings is 1. The highest BCUT2D eigenvalue weighted by molar-refractivity contribution is 5.92. The van der Waals surface area contributed by atoms with Gasteiger partial charge in [-0.25, -0.2) is 4.39 Å². The summed E-state index contributed by atoms with van der Waals surface area (Å²) in [7, 11) is 0. The fraction of sp³-hybridized carbons (Fsp3) is 0.560. The monoisotopic (exact) mass is 456 g/mol. The van der Waals surface area contributed by atoms with E-state index in [1.807, 2.05) is 0 Å². The molecule has 2 aromatic rings. The lowest BCUT2D eigenvalue weighted by Crippen LogP contribution is -2.56. The molecule has 2 heterocycles. The highest BCUT2D eigenvalue weighted by Gasteiger charge is 2.48. The number of nitrogens with one attached hydrogen (secondary N) is 1. The van der Waals surface area contributed by atoms with E-state index in [0.29, 0.717) is 18.1 Å². The molecular weight excluding hydrogens is 423 g/mol. The first-order valence-electron chi connectivity index (χ1n) is 11.7. The number of rotatable bonds is 5. The van der Waals surface area contributed by atoms with Crippen LogP contribution < -0.4 is 10.1 Å². The van der Waals surface area contributed by atoms with E-state index in [1.165, 1.54) is 18.3 Å². The SMILES string of the molecule is CC(C)(C)C1CCN([C@@H]2[C@@H](O)[C@H](Oc3cccc(F)c3)C[C@H]2NC(=O)c2cccnn2)CC1. The molecule has 1 aliphatic carbocycles. The van der Waals surface area contributed by atoms with Crippen molar-refractivity contribution in [3.8, 4) is 5.75 Å². The van der Waals surface area contributed by atoms with Crippen LogP contribution in [-0.2, 0) is 0 Å². The lowest BCUT2D eigenvalue weighted by molar-refractivity contribution is -0.0108. The highest BCUT2D eigenvalue weighted by Crippen LogP contribution is 2.37. The number of carbonyl (C=O) groups excluding carboxylic acids is 1. The van der Waals surface area contributed by atoms with Crippen molar-refractivity contribution in [2.24, 2.45) is 11.3 Å². The number of aliphatic hydroxyl groups is 1. The van der Waals surface area contributed by atoms with E-state index < -0.39 is 18.0 Å². The zero-order valence-corrected chi connectivity index (χ0v) is 19.4. The molecule has 1 aromatic heterocycles. The van der Waals surface area contributed by atoms with Gasteiger partial charge in [0.05, 0.1) is 12.1 Å². The van der Waals surface area contributed by atoms with Gasteiger partial charge in [0.1, 0.15) is 23.8 Å². The predicted molar refractivity (Wildman–Crippen MR) is 122 cm³/mol. The van der Waals surface area contributed by atoms with Crippen molar-refractivity contribution >= 4 is 5.91 Å². The topological polar surface area (TPSA) is 87.6 Å². The molecular formula is C25H33FN4O3. The maximum atomic E-state index is 13.7. The number of hydrogen-bond donors (Lipinski definition) is 2. The second-order valence-electron chi connectivity index (χ2n) is 10.2. The summed E-state index contributed by atoms with van der Waals surface area (Å²) in [6, 6.07) is 8.55. The van der Waals surface area contributed by atoms with E-state index in [4.69, 9.17) is 4.74 Å². The number of piperidine rings is 1. The summed E-state index contributed by atoms with van der Waals surface area (Å²) in [5, 5.41) is 22.0. The molecule has 33 heavy (non-hydrogen) atoms. The Hall–Kier alpha value is -2.58. The minimum absolute atomic E-state index is 0.228. The first kappa shape index (κ1) is 23.6. The van der Waals surface area contributed by atoms with Gasteiger partial charge in [-0.05, 0) is 61.5 Å². The second kappa shape index (κ2) is 9.73. The van der Waals surface area contributed by atoms with Crippen LogP contribution in [0.2, 0.25) is 0 Å². The first-order valence-corrected chi connectivity index (χ1v) is 11.7. The number of aromatic nitrogens is 2. The number of ether oxygens (including phenoxy) is 1. The van der Waals surface area contributed by atoms with Gasteiger partial charge in [-0.2, -0.15) is 5.10 Å². The van der Waals surface area contributed by atoms with Crippen molar-refractivity contribution in [1.82, 2.24) is 20.4 Å². The Kier molecular flexibility index (Phi) is 6.95. The average Bonchev–Trinajstić information content (AvgIpc) is 3.08. The summed E-state index contributed by atoms with van der Waals surface area (Å²) in [4.78, 5) is 15.1. The summed E-state index contributed by atoms with van der Waals surface area (Å²) in [6.07, 6.45) is 2.60. The summed E-state index contributed by atoms with van der Waals surface area (Å²) in [5.74, 6) is 0.249. The third-order valence-corrected chi connectivity index (χ3v) is 7.01. The van der Waals surface area contributed by atoms with E-state index in [9.17, 15) is 14.3 Å². The van der Waals surface area contributed by atoms with Crippen LogP contribution in [0.15, 0.2) is 42.6 Å². The number of likely N-dealkylation sites (tertiary alicyclic amines) is 1. The molecule has 178 valence electrons. The molecule has 2 fully saturated rings. The Morgan fingerprint density at radius 2 is 1.97 bits per heavy atom. The van der Waals surface area contributed by atoms with Crippen LogP contribution in [0.5, 0.6) is 5.75 Å². The number of hydrogen-bond acceptors (Lipinski definition) is 6. The van der Waals surface area contributed by atoms with Gasteiger partial charge in [0.25, 0.3) is 5.91 Å². The quantitative estimate of drug-likeness (QED) is 0.719. The van der Waals surface area contributed by atoms with Crippen LogP contribution in [0, 0.1) is 17.2 Å². The predicted octanol–water partition coefficient (Wildman–Crippen LogP) is 3.05. The summed E-state index contributed by atoms with van der Waals surface area (Å²) in [6.45, 7) is 8.49. The zero-order chi connectivity index (χ0) is 23.6. The van der Waals surface area contributed by atoms with Crippen molar-refractivity contribution in [1.29, 1.82) is 0 Å². The highest BCUT2D eigenvalue weighted by atomic mass is 19.1. The molecule has 8 heteroatoms. The standard InChI is InChI=1S/C25H33FN4O3/c1-25(2,3)16-9-12-30(13-10-16)22-20(28-24(32)19-8-5-11-27-29-19)15-21(23(22)31)33-18-7-4-6-17(26)14-18/h4-8,11,14,16,20-23,31H,9-10,12-13,15H2,1-3H3,(H,28,32)/t20-,21-,22+,23+/m1/s1. The van der Waals surface area contributed by atoms with Crippen LogP contribution in [-0.4, -0.2) is 63.5 Å². The van der Waals surface area contributed by atoms with Crippen molar-refractivity contribution in [3.63, 3.8) is 0 Å². The van der Waals surface area contributed by atoms with Crippen molar-refractivity contribution in [2.45, 2.75) is 64.3 Å². The lowest BCUT2D eigenvalue weighted by Gasteiger charge is -2.43. The third-order valence-electron chi connectivity index (χ3n) is 7.01. The Morgan fingerprint density at radius 1 is 1.21 bits per heavy atom. The Balaban J connectivity index is 1.51. The molecule has 2 N–H and O–H groups in total. The van der Waals surface area contributed by atoms with Gasteiger partial charge in [-0.3, -0.25) is 9.69 Å². The number of aliphatic hydroxyl groups excluding tert-OH is 1. The minimum atomic E-state index is -0.827. The molecule has 0 spiro atoms. The molecule has 1 saturated heterocycles. The van der Waals surface area contributed by atoms with Crippen LogP contribution >= 0.6 is 0 Å². The maximum Gasteiger partial charge on any atom is 0.272 e. The molecule has 1 saturated carbocycles. The second-order valence-corrected chi connectivity index (χ2v) is 10.2. The summed E-state index contributed by atoms with van der Waals surface area (Å²) in [5.41, 5.74) is 0.468. The normalized spacial score (nSPS) is 26.8. The molecule has 4 rings (SSSR count). The fourth-order valence-electron chi connectivity index (χ4n) is 5.16. The van der Waals surface area contributed by atoms with E-state index in [1.54, 1.807) is 24.3 Å². The Morgan fingerprint density at radius 3 is 2.61 bits per heavy atom. The largest absolute Gasteiger partial charge is 0.487 e. The van der Waals surface area contributed by atoms with E-state index >= 15 is 0 Å². The van der Waals surface area contributed by atoms with Gasteiger partial charge < -0.3 is 15.2 Å². The van der Waals surface area contributed by atoms with Crippen LogP contribution in [0.1, 0.15) is 50.5 Å². The number of nitrogens with zero attached hydrogens (tertiary/aromatic N) is 3. The lowest BCUT2D eigenvalue weighted by atomic mass is 9.75. The maximum absolute atomic E-state index is 13.7. The molecule has 0 bridgehead atoms. The molecule has 1 aliphatic heterocycles. The third kappa shape index (κ3) is 5.50. The number of carbonyl (C=O) groups is 1. The molecule has 7 nitrogen and oxygen atoms in total. The van der Waals surface area contributed by atoms with E-state index in [-0.39, 0.29) is 29.1 Å². The molecule has 1 aromatic carbocycles. The fourth-order valence-corrected chi connectivity index (χ4v) is 5.16. The molecule has 2 aliphatic rings. The molecule has 1 amide bonds. The average molecular weight is 457 g/mol. The smallest absolute Gasteiger partial charge is 0.272 e. The van der Waals surface area contributed by atoms with Crippen molar-refractivity contribution in [3.05, 3.63) is 54.1 Å². The van der Waals surface area contributed by atoms with Crippen molar-refractivity contribution < 1.29 is 19.0 Å². The Bertz CT molecular complexity index is 944. The van der Waals surface area contributed by atoms with Gasteiger partial charge in [-0.15, -0.1) is 5.10 Å². The summed E-state index contributed by atoms with van der Waals surface area (Å²) >= 11 is 0.